The highest BCUT2D eigenvalue weighted by atomic mass is 19.4. The topological polar surface area (TPSA) is 4.93 Å². The Labute approximate surface area is 120 Å². The Bertz CT molecular complexity index is 770. The molecule has 1 heterocycles. The van der Waals surface area contributed by atoms with E-state index in [1.165, 1.54) is 11.5 Å². The van der Waals surface area contributed by atoms with Crippen molar-refractivity contribution < 1.29 is 13.2 Å². The molecule has 0 saturated carbocycles. The van der Waals surface area contributed by atoms with E-state index in [1.807, 2.05) is 30.3 Å². The third-order valence-electron chi connectivity index (χ3n) is 3.68. The fourth-order valence-electron chi connectivity index (χ4n) is 2.77. The molecular formula is C17H14F3N. The van der Waals surface area contributed by atoms with Gasteiger partial charge < -0.3 is 4.57 Å². The molecule has 0 aliphatic rings. The van der Waals surface area contributed by atoms with Gasteiger partial charge in [0, 0.05) is 17.4 Å². The van der Waals surface area contributed by atoms with E-state index < -0.39 is 11.9 Å². The summed E-state index contributed by atoms with van der Waals surface area (Å²) >= 11 is 0. The SMILES string of the molecule is Cc1c(C(F)(F)F)n(Cc2ccccc2)c2ccccc12. The Hall–Kier alpha value is -2.23. The second-order valence-corrected chi connectivity index (χ2v) is 5.06. The molecule has 0 unspecified atom stereocenters. The highest BCUT2D eigenvalue weighted by molar-refractivity contribution is 5.85. The minimum Gasteiger partial charge on any atom is -0.332 e. The van der Waals surface area contributed by atoms with Gasteiger partial charge in [0.1, 0.15) is 5.69 Å². The van der Waals surface area contributed by atoms with Gasteiger partial charge in [-0.05, 0) is 24.1 Å². The smallest absolute Gasteiger partial charge is 0.332 e. The lowest BCUT2D eigenvalue weighted by Gasteiger charge is -2.14. The Morgan fingerprint density at radius 1 is 0.905 bits per heavy atom. The van der Waals surface area contributed by atoms with Crippen molar-refractivity contribution in [3.05, 3.63) is 71.4 Å². The van der Waals surface area contributed by atoms with Gasteiger partial charge in [-0.1, -0.05) is 48.5 Å². The molecule has 21 heavy (non-hydrogen) atoms. The molecule has 0 bridgehead atoms. The summed E-state index contributed by atoms with van der Waals surface area (Å²) in [6.07, 6.45) is -4.36. The van der Waals surface area contributed by atoms with Crippen molar-refractivity contribution in [3.63, 3.8) is 0 Å². The van der Waals surface area contributed by atoms with Gasteiger partial charge in [-0.2, -0.15) is 13.2 Å². The minimum absolute atomic E-state index is 0.212. The number of alkyl halides is 3. The maximum atomic E-state index is 13.4. The Kier molecular flexibility index (Phi) is 3.24. The molecule has 2 aromatic carbocycles. The quantitative estimate of drug-likeness (QED) is 0.624. The van der Waals surface area contributed by atoms with Crippen molar-refractivity contribution in [1.29, 1.82) is 0 Å². The molecule has 0 aliphatic heterocycles. The van der Waals surface area contributed by atoms with Crippen molar-refractivity contribution in [2.45, 2.75) is 19.6 Å². The zero-order chi connectivity index (χ0) is 15.0. The predicted octanol–water partition coefficient (Wildman–Crippen LogP) is 5.02. The summed E-state index contributed by atoms with van der Waals surface area (Å²) < 4.78 is 41.6. The Morgan fingerprint density at radius 3 is 2.19 bits per heavy atom. The fourth-order valence-corrected chi connectivity index (χ4v) is 2.77. The van der Waals surface area contributed by atoms with Crippen LogP contribution in [0, 0.1) is 6.92 Å². The highest BCUT2D eigenvalue weighted by Gasteiger charge is 2.37. The standard InChI is InChI=1S/C17H14F3N/c1-12-14-9-5-6-10-15(14)21(16(12)17(18,19)20)11-13-7-3-2-4-8-13/h2-10H,11H2,1H3. The van der Waals surface area contributed by atoms with E-state index in [-0.39, 0.29) is 12.1 Å². The minimum atomic E-state index is -4.36. The van der Waals surface area contributed by atoms with Crippen LogP contribution in [0.2, 0.25) is 0 Å². The van der Waals surface area contributed by atoms with E-state index in [0.29, 0.717) is 10.9 Å². The fraction of sp³-hybridized carbons (Fsp3) is 0.176. The molecule has 0 atom stereocenters. The van der Waals surface area contributed by atoms with Gasteiger partial charge in [0.25, 0.3) is 0 Å². The third kappa shape index (κ3) is 2.42. The second-order valence-electron chi connectivity index (χ2n) is 5.06. The molecule has 3 rings (SSSR count). The first-order valence-electron chi connectivity index (χ1n) is 6.67. The molecule has 4 heteroatoms. The van der Waals surface area contributed by atoms with E-state index in [4.69, 9.17) is 0 Å². The molecule has 0 spiro atoms. The summed E-state index contributed by atoms with van der Waals surface area (Å²) in [7, 11) is 0. The molecule has 3 aromatic rings. The molecule has 1 aromatic heterocycles. The lowest BCUT2D eigenvalue weighted by atomic mass is 10.1. The van der Waals surface area contributed by atoms with Gasteiger partial charge in [0.15, 0.2) is 0 Å². The molecule has 0 aliphatic carbocycles. The zero-order valence-corrected chi connectivity index (χ0v) is 11.5. The number of hydrogen-bond acceptors (Lipinski definition) is 0. The van der Waals surface area contributed by atoms with Crippen molar-refractivity contribution in [2.24, 2.45) is 0 Å². The van der Waals surface area contributed by atoms with Gasteiger partial charge in [0.2, 0.25) is 0 Å². The lowest BCUT2D eigenvalue weighted by molar-refractivity contribution is -0.143. The van der Waals surface area contributed by atoms with Crippen LogP contribution in [0.4, 0.5) is 13.2 Å². The molecule has 0 radical (unpaired) electrons. The number of aryl methyl sites for hydroxylation is 1. The summed E-state index contributed by atoms with van der Waals surface area (Å²) in [5, 5.41) is 0.653. The number of halogens is 3. The van der Waals surface area contributed by atoms with Crippen LogP contribution in [0.5, 0.6) is 0 Å². The van der Waals surface area contributed by atoms with E-state index in [1.54, 1.807) is 24.3 Å². The molecule has 108 valence electrons. The largest absolute Gasteiger partial charge is 0.431 e. The van der Waals surface area contributed by atoms with Gasteiger partial charge in [-0.25, -0.2) is 0 Å². The zero-order valence-electron chi connectivity index (χ0n) is 11.5. The number of para-hydroxylation sites is 1. The first-order valence-corrected chi connectivity index (χ1v) is 6.67. The van der Waals surface area contributed by atoms with E-state index >= 15 is 0 Å². The van der Waals surface area contributed by atoms with Gasteiger partial charge >= 0.3 is 6.18 Å². The number of fused-ring (bicyclic) bond motifs is 1. The van der Waals surface area contributed by atoms with E-state index in [9.17, 15) is 13.2 Å². The van der Waals surface area contributed by atoms with Crippen LogP contribution < -0.4 is 0 Å². The van der Waals surface area contributed by atoms with E-state index in [2.05, 4.69) is 0 Å². The van der Waals surface area contributed by atoms with Gasteiger partial charge in [-0.15, -0.1) is 0 Å². The predicted molar refractivity (Wildman–Crippen MR) is 77.2 cm³/mol. The summed E-state index contributed by atoms with van der Waals surface area (Å²) in [6, 6.07) is 16.2. The lowest BCUT2D eigenvalue weighted by Crippen LogP contribution is -2.15. The number of aromatic nitrogens is 1. The monoisotopic (exact) mass is 289 g/mol. The van der Waals surface area contributed by atoms with Crippen molar-refractivity contribution in [1.82, 2.24) is 4.57 Å². The summed E-state index contributed by atoms with van der Waals surface area (Å²) in [5.74, 6) is 0. The highest BCUT2D eigenvalue weighted by Crippen LogP contribution is 2.38. The molecular weight excluding hydrogens is 275 g/mol. The molecule has 1 nitrogen and oxygen atoms in total. The number of nitrogens with zero attached hydrogens (tertiary/aromatic N) is 1. The number of hydrogen-bond donors (Lipinski definition) is 0. The average molecular weight is 289 g/mol. The van der Waals surface area contributed by atoms with Crippen molar-refractivity contribution in [3.8, 4) is 0 Å². The molecule has 0 N–H and O–H groups in total. The van der Waals surface area contributed by atoms with Crippen LogP contribution >= 0.6 is 0 Å². The maximum Gasteiger partial charge on any atom is 0.431 e. The third-order valence-corrected chi connectivity index (χ3v) is 3.68. The summed E-state index contributed by atoms with van der Waals surface area (Å²) in [4.78, 5) is 0. The molecule has 0 saturated heterocycles. The second kappa shape index (κ2) is 4.95. The first-order chi connectivity index (χ1) is 9.98. The van der Waals surface area contributed by atoms with Crippen LogP contribution in [-0.4, -0.2) is 4.57 Å². The van der Waals surface area contributed by atoms with Gasteiger partial charge in [-0.3, -0.25) is 0 Å². The van der Waals surface area contributed by atoms with Crippen LogP contribution in [0.1, 0.15) is 16.8 Å². The molecule has 0 amide bonds. The Morgan fingerprint density at radius 2 is 1.52 bits per heavy atom. The van der Waals surface area contributed by atoms with E-state index in [0.717, 1.165) is 5.56 Å². The summed E-state index contributed by atoms with van der Waals surface area (Å²) in [6.45, 7) is 1.75. The normalized spacial score (nSPS) is 12.0. The van der Waals surface area contributed by atoms with Crippen LogP contribution in [0.3, 0.4) is 0 Å². The Balaban J connectivity index is 2.24. The number of benzene rings is 2. The van der Waals surface area contributed by atoms with Crippen LogP contribution in [-0.2, 0) is 12.7 Å². The first kappa shape index (κ1) is 13.7. The summed E-state index contributed by atoms with van der Waals surface area (Å²) in [5.41, 5.74) is 1.19. The van der Waals surface area contributed by atoms with Crippen molar-refractivity contribution in [2.75, 3.05) is 0 Å². The van der Waals surface area contributed by atoms with Crippen LogP contribution in [0.25, 0.3) is 10.9 Å². The maximum absolute atomic E-state index is 13.4. The average Bonchev–Trinajstić information content (AvgIpc) is 2.73. The van der Waals surface area contributed by atoms with Crippen molar-refractivity contribution >= 4 is 10.9 Å². The van der Waals surface area contributed by atoms with Crippen LogP contribution in [0.15, 0.2) is 54.6 Å². The number of rotatable bonds is 2. The molecule has 0 fully saturated rings. The van der Waals surface area contributed by atoms with Gasteiger partial charge in [0.05, 0.1) is 0 Å².